The van der Waals surface area contributed by atoms with Gasteiger partial charge in [-0.2, -0.15) is 0 Å². The lowest BCUT2D eigenvalue weighted by Crippen LogP contribution is -2.16. The first-order valence-electron chi connectivity index (χ1n) is 8.51. The van der Waals surface area contributed by atoms with Crippen LogP contribution in [0.4, 0.5) is 10.2 Å². The summed E-state index contributed by atoms with van der Waals surface area (Å²) >= 11 is 0. The number of nitrogens with one attached hydrogen (secondary N) is 1. The number of aromatic nitrogens is 2. The van der Waals surface area contributed by atoms with Gasteiger partial charge in [0.15, 0.2) is 5.82 Å². The number of benzene rings is 2. The summed E-state index contributed by atoms with van der Waals surface area (Å²) in [5.74, 6) is 0.276. The van der Waals surface area contributed by atoms with Gasteiger partial charge in [-0.25, -0.2) is 14.4 Å². The molecule has 1 N–H and O–H groups in total. The van der Waals surface area contributed by atoms with E-state index >= 15 is 0 Å². The lowest BCUT2D eigenvalue weighted by molar-refractivity contribution is -0.116. The standard InChI is InChI=1S/C21H20FN3O/c1-14(2)12-19(26)25-21-20(16-6-4-3-5-7-16)24-18(13-23-21)15-8-10-17(22)11-9-15/h3-11,13-14H,12H2,1-2H3,(H,23,25,26). The first-order valence-corrected chi connectivity index (χ1v) is 8.51. The Hall–Kier alpha value is -3.08. The first kappa shape index (κ1) is 17.7. The van der Waals surface area contributed by atoms with Crippen LogP contribution >= 0.6 is 0 Å². The van der Waals surface area contributed by atoms with Crippen LogP contribution < -0.4 is 5.32 Å². The van der Waals surface area contributed by atoms with Crippen molar-refractivity contribution >= 4 is 11.7 Å². The fourth-order valence-corrected chi connectivity index (χ4v) is 2.59. The van der Waals surface area contributed by atoms with Crippen LogP contribution in [0, 0.1) is 11.7 Å². The minimum atomic E-state index is -0.303. The van der Waals surface area contributed by atoms with E-state index in [-0.39, 0.29) is 17.6 Å². The van der Waals surface area contributed by atoms with Crippen molar-refractivity contribution in [3.8, 4) is 22.5 Å². The number of hydrogen-bond acceptors (Lipinski definition) is 3. The summed E-state index contributed by atoms with van der Waals surface area (Å²) in [4.78, 5) is 21.3. The van der Waals surface area contributed by atoms with Gasteiger partial charge < -0.3 is 5.32 Å². The third-order valence-electron chi connectivity index (χ3n) is 3.81. The zero-order valence-electron chi connectivity index (χ0n) is 14.7. The summed E-state index contributed by atoms with van der Waals surface area (Å²) in [5.41, 5.74) is 2.81. The van der Waals surface area contributed by atoms with E-state index in [0.29, 0.717) is 23.6 Å². The second-order valence-corrected chi connectivity index (χ2v) is 6.47. The van der Waals surface area contributed by atoms with Crippen LogP contribution in [-0.2, 0) is 4.79 Å². The van der Waals surface area contributed by atoms with Crippen molar-refractivity contribution in [3.05, 3.63) is 66.6 Å². The van der Waals surface area contributed by atoms with Crippen LogP contribution in [-0.4, -0.2) is 15.9 Å². The Morgan fingerprint density at radius 2 is 1.73 bits per heavy atom. The van der Waals surface area contributed by atoms with Crippen molar-refractivity contribution in [2.45, 2.75) is 20.3 Å². The molecular formula is C21H20FN3O. The minimum absolute atomic E-state index is 0.0963. The molecule has 4 nitrogen and oxygen atoms in total. The van der Waals surface area contributed by atoms with Gasteiger partial charge in [0.2, 0.25) is 5.91 Å². The highest BCUT2D eigenvalue weighted by atomic mass is 19.1. The van der Waals surface area contributed by atoms with Gasteiger partial charge in [-0.15, -0.1) is 0 Å². The maximum atomic E-state index is 13.2. The summed E-state index contributed by atoms with van der Waals surface area (Å²) in [6.45, 7) is 3.97. The molecule has 2 aromatic carbocycles. The van der Waals surface area contributed by atoms with Crippen molar-refractivity contribution in [1.29, 1.82) is 0 Å². The van der Waals surface area contributed by atoms with Crippen molar-refractivity contribution in [2.75, 3.05) is 5.32 Å². The van der Waals surface area contributed by atoms with Crippen molar-refractivity contribution < 1.29 is 9.18 Å². The molecule has 0 aliphatic heterocycles. The molecule has 0 unspecified atom stereocenters. The van der Waals surface area contributed by atoms with E-state index < -0.39 is 0 Å². The number of amides is 1. The van der Waals surface area contributed by atoms with Crippen LogP contribution in [0.2, 0.25) is 0 Å². The molecule has 0 atom stereocenters. The number of rotatable bonds is 5. The summed E-state index contributed by atoms with van der Waals surface area (Å²) < 4.78 is 13.2. The van der Waals surface area contributed by atoms with Crippen molar-refractivity contribution in [2.24, 2.45) is 5.92 Å². The lowest BCUT2D eigenvalue weighted by atomic mass is 10.1. The molecular weight excluding hydrogens is 329 g/mol. The van der Waals surface area contributed by atoms with Gasteiger partial charge in [-0.1, -0.05) is 44.2 Å². The molecule has 1 heterocycles. The van der Waals surface area contributed by atoms with Gasteiger partial charge in [0.1, 0.15) is 11.5 Å². The molecule has 0 radical (unpaired) electrons. The number of carbonyl (C=O) groups is 1. The van der Waals surface area contributed by atoms with Crippen LogP contribution in [0.5, 0.6) is 0 Å². The maximum absolute atomic E-state index is 13.2. The van der Waals surface area contributed by atoms with E-state index in [1.54, 1.807) is 18.3 Å². The average Bonchev–Trinajstić information content (AvgIpc) is 2.63. The molecule has 0 aliphatic rings. The highest BCUT2D eigenvalue weighted by Gasteiger charge is 2.14. The average molecular weight is 349 g/mol. The highest BCUT2D eigenvalue weighted by Crippen LogP contribution is 2.28. The monoisotopic (exact) mass is 349 g/mol. The van der Waals surface area contributed by atoms with Gasteiger partial charge in [0.05, 0.1) is 11.9 Å². The molecule has 1 aromatic heterocycles. The van der Waals surface area contributed by atoms with Gasteiger partial charge in [-0.05, 0) is 30.2 Å². The molecule has 3 rings (SSSR count). The van der Waals surface area contributed by atoms with Gasteiger partial charge in [0.25, 0.3) is 0 Å². The van der Waals surface area contributed by atoms with Crippen LogP contribution in [0.1, 0.15) is 20.3 Å². The van der Waals surface area contributed by atoms with Gasteiger partial charge in [0, 0.05) is 17.5 Å². The molecule has 132 valence electrons. The number of halogens is 1. The van der Waals surface area contributed by atoms with Crippen molar-refractivity contribution in [3.63, 3.8) is 0 Å². The largest absolute Gasteiger partial charge is 0.309 e. The zero-order valence-corrected chi connectivity index (χ0v) is 14.7. The second-order valence-electron chi connectivity index (χ2n) is 6.47. The maximum Gasteiger partial charge on any atom is 0.225 e. The third kappa shape index (κ3) is 4.30. The Bertz CT molecular complexity index is 893. The Morgan fingerprint density at radius 1 is 1.04 bits per heavy atom. The molecule has 3 aromatic rings. The van der Waals surface area contributed by atoms with E-state index in [1.807, 2.05) is 44.2 Å². The van der Waals surface area contributed by atoms with Gasteiger partial charge >= 0.3 is 0 Å². The number of carbonyl (C=O) groups excluding carboxylic acids is 1. The number of nitrogens with zero attached hydrogens (tertiary/aromatic N) is 2. The smallest absolute Gasteiger partial charge is 0.225 e. The Labute approximate surface area is 152 Å². The Balaban J connectivity index is 2.01. The Kier molecular flexibility index (Phi) is 5.37. The van der Waals surface area contributed by atoms with E-state index in [9.17, 15) is 9.18 Å². The molecule has 26 heavy (non-hydrogen) atoms. The van der Waals surface area contributed by atoms with Crippen molar-refractivity contribution in [1.82, 2.24) is 9.97 Å². The predicted molar refractivity (Wildman–Crippen MR) is 101 cm³/mol. The normalized spacial score (nSPS) is 10.8. The highest BCUT2D eigenvalue weighted by molar-refractivity contribution is 5.93. The summed E-state index contributed by atoms with van der Waals surface area (Å²) in [6.07, 6.45) is 2.00. The first-order chi connectivity index (χ1) is 12.5. The predicted octanol–water partition coefficient (Wildman–Crippen LogP) is 4.93. The van der Waals surface area contributed by atoms with Crippen LogP contribution in [0.15, 0.2) is 60.8 Å². The molecule has 0 saturated carbocycles. The number of anilines is 1. The Morgan fingerprint density at radius 3 is 2.38 bits per heavy atom. The minimum Gasteiger partial charge on any atom is -0.309 e. The SMILES string of the molecule is CC(C)CC(=O)Nc1ncc(-c2ccc(F)cc2)nc1-c1ccccc1. The molecule has 1 amide bonds. The zero-order chi connectivity index (χ0) is 18.5. The summed E-state index contributed by atoms with van der Waals surface area (Å²) in [7, 11) is 0. The molecule has 0 saturated heterocycles. The van der Waals surface area contributed by atoms with Gasteiger partial charge in [-0.3, -0.25) is 4.79 Å². The topological polar surface area (TPSA) is 54.9 Å². The van der Waals surface area contributed by atoms with E-state index in [4.69, 9.17) is 0 Å². The number of hydrogen-bond donors (Lipinski definition) is 1. The molecule has 0 bridgehead atoms. The van der Waals surface area contributed by atoms with E-state index in [0.717, 1.165) is 11.1 Å². The van der Waals surface area contributed by atoms with Crippen LogP contribution in [0.25, 0.3) is 22.5 Å². The summed E-state index contributed by atoms with van der Waals surface area (Å²) in [5, 5.41) is 2.86. The molecule has 0 spiro atoms. The second kappa shape index (κ2) is 7.87. The fraction of sp³-hybridized carbons (Fsp3) is 0.190. The lowest BCUT2D eigenvalue weighted by Gasteiger charge is -2.12. The quantitative estimate of drug-likeness (QED) is 0.710. The molecule has 5 heteroatoms. The van der Waals surface area contributed by atoms with E-state index in [2.05, 4.69) is 15.3 Å². The third-order valence-corrected chi connectivity index (χ3v) is 3.81. The summed E-state index contributed by atoms with van der Waals surface area (Å²) in [6, 6.07) is 15.6. The molecule has 0 fully saturated rings. The molecule has 0 aliphatic carbocycles. The fourth-order valence-electron chi connectivity index (χ4n) is 2.59. The van der Waals surface area contributed by atoms with Crippen LogP contribution in [0.3, 0.4) is 0 Å². The van der Waals surface area contributed by atoms with E-state index in [1.165, 1.54) is 12.1 Å².